The lowest BCUT2D eigenvalue weighted by atomic mass is 9.94. The molecule has 1 saturated heterocycles. The molecule has 0 radical (unpaired) electrons. The van der Waals surface area contributed by atoms with E-state index in [1.807, 2.05) is 20.2 Å². The molecule has 1 aliphatic rings. The van der Waals surface area contributed by atoms with Gasteiger partial charge in [-0.25, -0.2) is 4.99 Å². The number of amidine groups is 1. The van der Waals surface area contributed by atoms with Gasteiger partial charge in [-0.2, -0.15) is 0 Å². The maximum absolute atomic E-state index is 4.26. The molecule has 0 saturated carbocycles. The van der Waals surface area contributed by atoms with Gasteiger partial charge in [-0.15, -0.1) is 0 Å². The third kappa shape index (κ3) is 4.12. The van der Waals surface area contributed by atoms with E-state index in [0.29, 0.717) is 0 Å². The van der Waals surface area contributed by atoms with Gasteiger partial charge in [0.1, 0.15) is 5.84 Å². The van der Waals surface area contributed by atoms with E-state index in [4.69, 9.17) is 0 Å². The molecule has 0 amide bonds. The molecule has 3 nitrogen and oxygen atoms in total. The minimum atomic E-state index is 0.914. The first-order chi connectivity index (χ1) is 7.30. The fraction of sp³-hybridized carbons (Fsp3) is 0.833. The molecule has 1 fully saturated rings. The van der Waals surface area contributed by atoms with Crippen molar-refractivity contribution in [3.63, 3.8) is 0 Å². The van der Waals surface area contributed by atoms with E-state index < -0.39 is 0 Å². The van der Waals surface area contributed by atoms with Gasteiger partial charge in [0.05, 0.1) is 6.54 Å². The Morgan fingerprint density at radius 3 is 2.53 bits per heavy atom. The first-order valence-corrected chi connectivity index (χ1v) is 5.96. The van der Waals surface area contributed by atoms with Crippen LogP contribution in [0.25, 0.3) is 0 Å². The zero-order valence-corrected chi connectivity index (χ0v) is 10.2. The van der Waals surface area contributed by atoms with Crippen LogP contribution < -0.4 is 0 Å². The average Bonchev–Trinajstić information content (AvgIpc) is 2.29. The molecule has 1 heterocycles. The zero-order valence-electron chi connectivity index (χ0n) is 10.2. The molecule has 1 aliphatic heterocycles. The van der Waals surface area contributed by atoms with E-state index >= 15 is 0 Å². The molecule has 0 unspecified atom stereocenters. The third-order valence-electron chi connectivity index (χ3n) is 3.19. The van der Waals surface area contributed by atoms with Crippen LogP contribution in [-0.4, -0.2) is 43.6 Å². The second-order valence-corrected chi connectivity index (χ2v) is 4.15. The Bertz CT molecular complexity index is 225. The van der Waals surface area contributed by atoms with Crippen molar-refractivity contribution in [3.8, 4) is 0 Å². The molecule has 0 aromatic heterocycles. The van der Waals surface area contributed by atoms with Crippen molar-refractivity contribution < 1.29 is 0 Å². The van der Waals surface area contributed by atoms with Crippen molar-refractivity contribution in [2.24, 2.45) is 15.9 Å². The van der Waals surface area contributed by atoms with E-state index in [1.54, 1.807) is 0 Å². The lowest BCUT2D eigenvalue weighted by Crippen LogP contribution is -2.36. The van der Waals surface area contributed by atoms with Crippen LogP contribution in [0.1, 0.15) is 33.1 Å². The Morgan fingerprint density at radius 1 is 1.40 bits per heavy atom. The van der Waals surface area contributed by atoms with Gasteiger partial charge < -0.3 is 0 Å². The SMILES string of the molecule is CC=NC(CN1CCC(CC)CC1)=NC. The number of rotatable bonds is 3. The van der Waals surface area contributed by atoms with Crippen LogP contribution in [0.2, 0.25) is 0 Å². The summed E-state index contributed by atoms with van der Waals surface area (Å²) in [5.41, 5.74) is 0. The van der Waals surface area contributed by atoms with Gasteiger partial charge in [0, 0.05) is 13.3 Å². The molecular weight excluding hydrogens is 186 g/mol. The number of nitrogens with zero attached hydrogens (tertiary/aromatic N) is 3. The Labute approximate surface area is 93.3 Å². The van der Waals surface area contributed by atoms with Crippen molar-refractivity contribution in [3.05, 3.63) is 0 Å². The number of hydrogen-bond donors (Lipinski definition) is 0. The van der Waals surface area contributed by atoms with Gasteiger partial charge in [-0.3, -0.25) is 9.89 Å². The van der Waals surface area contributed by atoms with Crippen LogP contribution >= 0.6 is 0 Å². The van der Waals surface area contributed by atoms with E-state index in [2.05, 4.69) is 21.8 Å². The summed E-state index contributed by atoms with van der Waals surface area (Å²) in [4.78, 5) is 10.9. The lowest BCUT2D eigenvalue weighted by molar-refractivity contribution is 0.202. The average molecular weight is 209 g/mol. The Balaban J connectivity index is 2.34. The predicted octanol–water partition coefficient (Wildman–Crippen LogP) is 2.23. The van der Waals surface area contributed by atoms with Gasteiger partial charge in [0.2, 0.25) is 0 Å². The molecule has 0 aromatic rings. The monoisotopic (exact) mass is 209 g/mol. The van der Waals surface area contributed by atoms with Crippen molar-refractivity contribution in [1.29, 1.82) is 0 Å². The summed E-state index contributed by atoms with van der Waals surface area (Å²) in [6.45, 7) is 7.56. The Morgan fingerprint density at radius 2 is 2.07 bits per heavy atom. The van der Waals surface area contributed by atoms with Gasteiger partial charge in [-0.05, 0) is 38.8 Å². The summed E-state index contributed by atoms with van der Waals surface area (Å²) in [6.07, 6.45) is 5.82. The molecule has 0 aromatic carbocycles. The maximum atomic E-state index is 4.26. The number of aliphatic imine (C=N–C) groups is 2. The summed E-state index contributed by atoms with van der Waals surface area (Å²) < 4.78 is 0. The summed E-state index contributed by atoms with van der Waals surface area (Å²) in [6, 6.07) is 0. The van der Waals surface area contributed by atoms with Crippen LogP contribution in [0.5, 0.6) is 0 Å². The van der Waals surface area contributed by atoms with Crippen LogP contribution in [0.3, 0.4) is 0 Å². The molecule has 0 spiro atoms. The van der Waals surface area contributed by atoms with Crippen molar-refractivity contribution >= 4 is 12.1 Å². The quantitative estimate of drug-likeness (QED) is 0.517. The second kappa shape index (κ2) is 6.72. The van der Waals surface area contributed by atoms with Crippen molar-refractivity contribution in [1.82, 2.24) is 4.90 Å². The van der Waals surface area contributed by atoms with Crippen molar-refractivity contribution in [2.75, 3.05) is 26.7 Å². The van der Waals surface area contributed by atoms with E-state index in [1.165, 1.54) is 32.4 Å². The zero-order chi connectivity index (χ0) is 11.1. The number of piperidine rings is 1. The highest BCUT2D eigenvalue weighted by Crippen LogP contribution is 2.19. The van der Waals surface area contributed by atoms with Crippen molar-refractivity contribution in [2.45, 2.75) is 33.1 Å². The first-order valence-electron chi connectivity index (χ1n) is 5.96. The normalized spacial score (nSPS) is 21.4. The molecule has 3 heteroatoms. The van der Waals surface area contributed by atoms with Gasteiger partial charge in [0.25, 0.3) is 0 Å². The van der Waals surface area contributed by atoms with Crippen LogP contribution in [-0.2, 0) is 0 Å². The lowest BCUT2D eigenvalue weighted by Gasteiger charge is -2.30. The minimum Gasteiger partial charge on any atom is -0.296 e. The van der Waals surface area contributed by atoms with Gasteiger partial charge >= 0.3 is 0 Å². The highest BCUT2D eigenvalue weighted by atomic mass is 15.2. The van der Waals surface area contributed by atoms with E-state index in [-0.39, 0.29) is 0 Å². The fourth-order valence-electron chi connectivity index (χ4n) is 2.07. The number of hydrogen-bond acceptors (Lipinski definition) is 2. The minimum absolute atomic E-state index is 0.914. The molecule has 86 valence electrons. The molecule has 0 bridgehead atoms. The largest absolute Gasteiger partial charge is 0.296 e. The third-order valence-corrected chi connectivity index (χ3v) is 3.19. The highest BCUT2D eigenvalue weighted by molar-refractivity contribution is 5.90. The van der Waals surface area contributed by atoms with Gasteiger partial charge in [-0.1, -0.05) is 13.3 Å². The van der Waals surface area contributed by atoms with E-state index in [9.17, 15) is 0 Å². The predicted molar refractivity (Wildman–Crippen MR) is 67.0 cm³/mol. The smallest absolute Gasteiger partial charge is 0.136 e. The van der Waals surface area contributed by atoms with Crippen LogP contribution in [0.4, 0.5) is 0 Å². The highest BCUT2D eigenvalue weighted by Gasteiger charge is 2.18. The summed E-state index contributed by atoms with van der Waals surface area (Å²) in [5, 5.41) is 0. The standard InChI is InChI=1S/C12H23N3/c1-4-11-6-8-15(9-7-11)10-12(13-3)14-5-2/h5,11H,4,6-10H2,1-3H3. The fourth-order valence-corrected chi connectivity index (χ4v) is 2.07. The van der Waals surface area contributed by atoms with Crippen LogP contribution in [0.15, 0.2) is 9.98 Å². The van der Waals surface area contributed by atoms with Crippen LogP contribution in [0, 0.1) is 5.92 Å². The molecule has 15 heavy (non-hydrogen) atoms. The van der Waals surface area contributed by atoms with E-state index in [0.717, 1.165) is 18.3 Å². The summed E-state index contributed by atoms with van der Waals surface area (Å²) in [7, 11) is 1.82. The summed E-state index contributed by atoms with van der Waals surface area (Å²) in [5.74, 6) is 1.89. The number of likely N-dealkylation sites (tertiary alicyclic amines) is 1. The maximum Gasteiger partial charge on any atom is 0.136 e. The molecule has 1 rings (SSSR count). The molecule has 0 aliphatic carbocycles. The first kappa shape index (κ1) is 12.4. The molecule has 0 atom stereocenters. The molecular formula is C12H23N3. The molecule has 0 N–H and O–H groups in total. The second-order valence-electron chi connectivity index (χ2n) is 4.15. The van der Waals surface area contributed by atoms with Gasteiger partial charge in [0.15, 0.2) is 0 Å². The Hall–Kier alpha value is -0.700. The topological polar surface area (TPSA) is 28.0 Å². The Kier molecular flexibility index (Phi) is 5.54. The summed E-state index contributed by atoms with van der Waals surface area (Å²) >= 11 is 0.